The number of anilines is 1. The standard InChI is InChI=1S/C8H9N5/c1-4-10-8(11-5-1)12-13-6-2-3-9-7-13/h1-5,7H,6H2,(H,10,11,12). The van der Waals surface area contributed by atoms with Gasteiger partial charge in [-0.25, -0.2) is 15.0 Å². The largest absolute Gasteiger partial charge is 0.271 e. The van der Waals surface area contributed by atoms with E-state index in [0.717, 1.165) is 6.54 Å². The third-order valence-electron chi connectivity index (χ3n) is 1.51. The molecule has 66 valence electrons. The molecule has 0 saturated carbocycles. The van der Waals surface area contributed by atoms with Crippen LogP contribution in [0.1, 0.15) is 0 Å². The zero-order valence-corrected chi connectivity index (χ0v) is 6.96. The smallest absolute Gasteiger partial charge is 0.241 e. The Morgan fingerprint density at radius 1 is 1.31 bits per heavy atom. The van der Waals surface area contributed by atoms with Gasteiger partial charge in [-0.2, -0.15) is 0 Å². The van der Waals surface area contributed by atoms with E-state index in [9.17, 15) is 0 Å². The Hall–Kier alpha value is -1.91. The Kier molecular flexibility index (Phi) is 2.18. The molecule has 1 aromatic rings. The van der Waals surface area contributed by atoms with Crippen LogP contribution in [0, 0.1) is 0 Å². The van der Waals surface area contributed by atoms with Crippen LogP contribution in [0.2, 0.25) is 0 Å². The lowest BCUT2D eigenvalue weighted by molar-refractivity contribution is 0.555. The van der Waals surface area contributed by atoms with Gasteiger partial charge in [0.25, 0.3) is 0 Å². The number of nitrogens with one attached hydrogen (secondary N) is 1. The first-order valence-electron chi connectivity index (χ1n) is 3.94. The number of hydrogen-bond acceptors (Lipinski definition) is 5. The van der Waals surface area contributed by atoms with Crippen molar-refractivity contribution in [3.8, 4) is 0 Å². The molecule has 1 aliphatic heterocycles. The van der Waals surface area contributed by atoms with Crippen molar-refractivity contribution in [2.24, 2.45) is 4.99 Å². The average molecular weight is 175 g/mol. The molecule has 2 heterocycles. The second kappa shape index (κ2) is 3.66. The molecule has 13 heavy (non-hydrogen) atoms. The van der Waals surface area contributed by atoms with E-state index in [2.05, 4.69) is 20.4 Å². The van der Waals surface area contributed by atoms with Gasteiger partial charge >= 0.3 is 0 Å². The summed E-state index contributed by atoms with van der Waals surface area (Å²) in [5.74, 6) is 0.573. The third kappa shape index (κ3) is 2.02. The van der Waals surface area contributed by atoms with Crippen molar-refractivity contribution in [3.63, 3.8) is 0 Å². The van der Waals surface area contributed by atoms with E-state index < -0.39 is 0 Å². The van der Waals surface area contributed by atoms with Crippen molar-refractivity contribution < 1.29 is 0 Å². The molecule has 5 heteroatoms. The Morgan fingerprint density at radius 2 is 2.15 bits per heavy atom. The van der Waals surface area contributed by atoms with Gasteiger partial charge in [0.05, 0.1) is 6.54 Å². The summed E-state index contributed by atoms with van der Waals surface area (Å²) in [5.41, 5.74) is 2.99. The lowest BCUT2D eigenvalue weighted by atomic mass is 10.5. The van der Waals surface area contributed by atoms with E-state index >= 15 is 0 Å². The zero-order valence-electron chi connectivity index (χ0n) is 6.96. The van der Waals surface area contributed by atoms with Crippen LogP contribution in [0.3, 0.4) is 0 Å². The summed E-state index contributed by atoms with van der Waals surface area (Å²) in [6.07, 6.45) is 8.76. The minimum atomic E-state index is 0.573. The molecular weight excluding hydrogens is 166 g/mol. The minimum absolute atomic E-state index is 0.573. The van der Waals surface area contributed by atoms with Crippen molar-refractivity contribution >= 4 is 12.3 Å². The van der Waals surface area contributed by atoms with E-state index in [1.165, 1.54) is 0 Å². The van der Waals surface area contributed by atoms with Crippen molar-refractivity contribution in [1.82, 2.24) is 15.0 Å². The van der Waals surface area contributed by atoms with Crippen molar-refractivity contribution in [3.05, 3.63) is 30.7 Å². The molecule has 2 rings (SSSR count). The van der Waals surface area contributed by atoms with Crippen LogP contribution < -0.4 is 5.43 Å². The van der Waals surface area contributed by atoms with Crippen LogP contribution in [-0.4, -0.2) is 27.9 Å². The first kappa shape index (κ1) is 7.72. The maximum absolute atomic E-state index is 4.02. The predicted octanol–water partition coefficient (Wildman–Crippen LogP) is 0.661. The number of hydrogen-bond donors (Lipinski definition) is 1. The topological polar surface area (TPSA) is 53.4 Å². The van der Waals surface area contributed by atoms with Gasteiger partial charge in [-0.3, -0.25) is 10.4 Å². The molecule has 0 unspecified atom stereocenters. The number of hydrazine groups is 1. The summed E-state index contributed by atoms with van der Waals surface area (Å²) < 4.78 is 0. The Bertz CT molecular complexity index is 319. The molecular formula is C8H9N5. The minimum Gasteiger partial charge on any atom is -0.271 e. The highest BCUT2D eigenvalue weighted by Crippen LogP contribution is 1.98. The molecule has 0 saturated heterocycles. The van der Waals surface area contributed by atoms with Gasteiger partial charge in [-0.1, -0.05) is 0 Å². The summed E-state index contributed by atoms with van der Waals surface area (Å²) in [7, 11) is 0. The fourth-order valence-corrected chi connectivity index (χ4v) is 0.947. The number of aliphatic imine (C=N–C) groups is 1. The van der Waals surface area contributed by atoms with Crippen LogP contribution in [0.15, 0.2) is 35.7 Å². The van der Waals surface area contributed by atoms with Gasteiger partial charge in [0.2, 0.25) is 5.95 Å². The maximum atomic E-state index is 4.02. The van der Waals surface area contributed by atoms with Crippen LogP contribution >= 0.6 is 0 Å². The third-order valence-corrected chi connectivity index (χ3v) is 1.51. The second-order valence-corrected chi connectivity index (χ2v) is 2.49. The van der Waals surface area contributed by atoms with Crippen molar-refractivity contribution in [1.29, 1.82) is 0 Å². The van der Waals surface area contributed by atoms with E-state index in [0.29, 0.717) is 5.95 Å². The summed E-state index contributed by atoms with van der Waals surface area (Å²) >= 11 is 0. The molecule has 0 atom stereocenters. The summed E-state index contributed by atoms with van der Waals surface area (Å²) in [6.45, 7) is 0.766. The summed E-state index contributed by atoms with van der Waals surface area (Å²) in [6, 6.07) is 1.77. The fourth-order valence-electron chi connectivity index (χ4n) is 0.947. The van der Waals surface area contributed by atoms with Gasteiger partial charge in [-0.05, 0) is 12.1 Å². The lowest BCUT2D eigenvalue weighted by Crippen LogP contribution is -2.30. The Balaban J connectivity index is 1.99. The number of aromatic nitrogens is 2. The van der Waals surface area contributed by atoms with Crippen LogP contribution in [0.4, 0.5) is 5.95 Å². The molecule has 1 N–H and O–H groups in total. The van der Waals surface area contributed by atoms with E-state index in [1.807, 2.05) is 6.08 Å². The van der Waals surface area contributed by atoms with E-state index in [4.69, 9.17) is 0 Å². The highest BCUT2D eigenvalue weighted by Gasteiger charge is 2.00. The monoisotopic (exact) mass is 175 g/mol. The second-order valence-electron chi connectivity index (χ2n) is 2.49. The van der Waals surface area contributed by atoms with Crippen molar-refractivity contribution in [2.45, 2.75) is 0 Å². The molecule has 0 bridgehead atoms. The summed E-state index contributed by atoms with van der Waals surface area (Å²) in [5, 5.41) is 1.80. The molecule has 1 aliphatic rings. The molecule has 0 spiro atoms. The van der Waals surface area contributed by atoms with Crippen LogP contribution in [0.5, 0.6) is 0 Å². The normalized spacial score (nSPS) is 14.6. The lowest BCUT2D eigenvalue weighted by Gasteiger charge is -2.19. The van der Waals surface area contributed by atoms with Gasteiger partial charge in [0, 0.05) is 18.6 Å². The molecule has 1 aromatic heterocycles. The fraction of sp³-hybridized carbons (Fsp3) is 0.125. The predicted molar refractivity (Wildman–Crippen MR) is 50.0 cm³/mol. The van der Waals surface area contributed by atoms with E-state index in [-0.39, 0.29) is 0 Å². The van der Waals surface area contributed by atoms with Gasteiger partial charge in [0.15, 0.2) is 0 Å². The first-order chi connectivity index (χ1) is 6.45. The maximum Gasteiger partial charge on any atom is 0.241 e. The molecule has 0 radical (unpaired) electrons. The highest BCUT2D eigenvalue weighted by atomic mass is 15.5. The van der Waals surface area contributed by atoms with Crippen molar-refractivity contribution in [2.75, 3.05) is 12.0 Å². The SMILES string of the molecule is C1=CN=CN(Nc2ncccn2)C1. The molecule has 5 nitrogen and oxygen atoms in total. The molecule has 0 aromatic carbocycles. The number of nitrogens with zero attached hydrogens (tertiary/aromatic N) is 4. The molecule has 0 aliphatic carbocycles. The van der Waals surface area contributed by atoms with Gasteiger partial charge in [-0.15, -0.1) is 0 Å². The van der Waals surface area contributed by atoms with Crippen LogP contribution in [0.25, 0.3) is 0 Å². The van der Waals surface area contributed by atoms with Gasteiger partial charge < -0.3 is 0 Å². The van der Waals surface area contributed by atoms with Crippen LogP contribution in [-0.2, 0) is 0 Å². The highest BCUT2D eigenvalue weighted by molar-refractivity contribution is 5.59. The summed E-state index contributed by atoms with van der Waals surface area (Å²) in [4.78, 5) is 12.0. The average Bonchev–Trinajstić information content (AvgIpc) is 2.21. The molecule has 0 amide bonds. The number of rotatable bonds is 2. The quantitative estimate of drug-likeness (QED) is 0.717. The zero-order chi connectivity index (χ0) is 8.93. The molecule has 0 fully saturated rings. The first-order valence-corrected chi connectivity index (χ1v) is 3.94. The van der Waals surface area contributed by atoms with E-state index in [1.54, 1.807) is 36.0 Å². The Morgan fingerprint density at radius 3 is 2.85 bits per heavy atom. The van der Waals surface area contributed by atoms with Gasteiger partial charge in [0.1, 0.15) is 6.34 Å². The Labute approximate surface area is 75.8 Å².